The minimum Gasteiger partial charge on any atom is -0.491 e. The third kappa shape index (κ3) is 6.99. The van der Waals surface area contributed by atoms with Crippen LogP contribution < -0.4 is 15.8 Å². The van der Waals surface area contributed by atoms with Gasteiger partial charge in [0, 0.05) is 24.3 Å². The van der Waals surface area contributed by atoms with Crippen LogP contribution in [-0.2, 0) is 16.3 Å². The summed E-state index contributed by atoms with van der Waals surface area (Å²) in [6.07, 6.45) is -3.16. The molecule has 1 aliphatic heterocycles. The first-order valence-corrected chi connectivity index (χ1v) is 10.3. The molecule has 1 fully saturated rings. The molecule has 1 heterocycles. The van der Waals surface area contributed by atoms with Crippen molar-refractivity contribution >= 4 is 35.6 Å². The number of rotatable bonds is 6. The largest absolute Gasteiger partial charge is 0.491 e. The van der Waals surface area contributed by atoms with Crippen LogP contribution in [0, 0.1) is 0 Å². The highest BCUT2D eigenvalue weighted by Crippen LogP contribution is 2.38. The summed E-state index contributed by atoms with van der Waals surface area (Å²) >= 11 is 0. The van der Waals surface area contributed by atoms with Gasteiger partial charge in [0.25, 0.3) is 0 Å². The summed E-state index contributed by atoms with van der Waals surface area (Å²) in [4.78, 5) is 4.47. The maximum atomic E-state index is 13.2. The van der Waals surface area contributed by atoms with Gasteiger partial charge in [-0.3, -0.25) is 4.99 Å². The van der Waals surface area contributed by atoms with Crippen molar-refractivity contribution in [3.8, 4) is 5.75 Å². The second kappa shape index (κ2) is 11.2. The van der Waals surface area contributed by atoms with Crippen LogP contribution in [0.5, 0.6) is 5.75 Å². The number of anilines is 1. The number of hydrogen-bond donors (Lipinski definition) is 2. The first-order chi connectivity index (χ1) is 14.7. The number of nitrogens with zero attached hydrogens (tertiary/aromatic N) is 1. The van der Waals surface area contributed by atoms with Crippen molar-refractivity contribution in [2.45, 2.75) is 44.4 Å². The van der Waals surface area contributed by atoms with Gasteiger partial charge in [-0.05, 0) is 62.6 Å². The zero-order valence-electron chi connectivity index (χ0n) is 18.1. The number of hydrogen-bond acceptors (Lipinski definition) is 3. The van der Waals surface area contributed by atoms with E-state index in [0.29, 0.717) is 31.6 Å². The van der Waals surface area contributed by atoms with Gasteiger partial charge in [-0.2, -0.15) is 13.2 Å². The Bertz CT molecular complexity index is 896. The van der Waals surface area contributed by atoms with Crippen molar-refractivity contribution in [3.05, 3.63) is 59.7 Å². The van der Waals surface area contributed by atoms with Gasteiger partial charge in [-0.15, -0.1) is 24.0 Å². The van der Waals surface area contributed by atoms with Gasteiger partial charge in [-0.25, -0.2) is 0 Å². The van der Waals surface area contributed by atoms with E-state index in [-0.39, 0.29) is 42.6 Å². The second-order valence-corrected chi connectivity index (χ2v) is 7.99. The van der Waals surface area contributed by atoms with E-state index in [1.54, 1.807) is 6.07 Å². The average Bonchev–Trinajstić information content (AvgIpc) is 2.73. The molecule has 0 atom stereocenters. The molecule has 9 heteroatoms. The predicted molar refractivity (Wildman–Crippen MR) is 131 cm³/mol. The molecule has 0 unspecified atom stereocenters. The average molecular weight is 563 g/mol. The Kier molecular flexibility index (Phi) is 9.20. The molecule has 1 aliphatic rings. The third-order valence-electron chi connectivity index (χ3n) is 5.30. The van der Waals surface area contributed by atoms with Gasteiger partial charge in [0.05, 0.1) is 18.2 Å². The van der Waals surface area contributed by atoms with E-state index in [9.17, 15) is 13.2 Å². The number of nitrogens with one attached hydrogen (secondary N) is 1. The standard InChI is InChI=1S/C23H28F3N3O2.HI/c1-16(2)31-20-8-6-19(7-9-20)29-21(27)28-15-22(10-12-30-13-11-22)17-4-3-5-18(14-17)23(24,25)26;/h3-9,14,16H,10-13,15H2,1-2H3,(H3,27,28,29);1H. The molecule has 0 aliphatic carbocycles. The lowest BCUT2D eigenvalue weighted by Crippen LogP contribution is -2.38. The van der Waals surface area contributed by atoms with E-state index in [1.807, 2.05) is 38.1 Å². The lowest BCUT2D eigenvalue weighted by Gasteiger charge is -2.37. The monoisotopic (exact) mass is 563 g/mol. The molecule has 0 aromatic heterocycles. The molecule has 3 rings (SSSR count). The van der Waals surface area contributed by atoms with E-state index >= 15 is 0 Å². The Morgan fingerprint density at radius 2 is 1.81 bits per heavy atom. The second-order valence-electron chi connectivity index (χ2n) is 7.99. The van der Waals surface area contributed by atoms with Gasteiger partial charge >= 0.3 is 6.18 Å². The molecule has 0 bridgehead atoms. The van der Waals surface area contributed by atoms with Crippen LogP contribution in [0.4, 0.5) is 18.9 Å². The first kappa shape index (κ1) is 26.2. The van der Waals surface area contributed by atoms with Crippen molar-refractivity contribution < 1.29 is 22.6 Å². The molecule has 5 nitrogen and oxygen atoms in total. The fraction of sp³-hybridized carbons (Fsp3) is 0.435. The number of ether oxygens (including phenoxy) is 2. The number of halogens is 4. The van der Waals surface area contributed by atoms with Gasteiger partial charge in [0.1, 0.15) is 5.75 Å². The lowest BCUT2D eigenvalue weighted by molar-refractivity contribution is -0.137. The SMILES string of the molecule is CC(C)Oc1ccc(NC(N)=NCC2(c3cccc(C(F)(F)F)c3)CCOCC2)cc1.I. The summed E-state index contributed by atoms with van der Waals surface area (Å²) in [5.41, 5.74) is 6.22. The Hall–Kier alpha value is -2.01. The van der Waals surface area contributed by atoms with Crippen molar-refractivity contribution in [2.75, 3.05) is 25.1 Å². The molecule has 0 radical (unpaired) electrons. The van der Waals surface area contributed by atoms with Gasteiger partial charge in [0.15, 0.2) is 5.96 Å². The summed E-state index contributed by atoms with van der Waals surface area (Å²) in [5, 5.41) is 3.03. The van der Waals surface area contributed by atoms with E-state index in [4.69, 9.17) is 15.2 Å². The maximum Gasteiger partial charge on any atom is 0.416 e. The quantitative estimate of drug-likeness (QED) is 0.274. The van der Waals surface area contributed by atoms with E-state index in [2.05, 4.69) is 10.3 Å². The van der Waals surface area contributed by atoms with Gasteiger partial charge in [-0.1, -0.05) is 18.2 Å². The van der Waals surface area contributed by atoms with Crippen LogP contribution >= 0.6 is 24.0 Å². The highest BCUT2D eigenvalue weighted by molar-refractivity contribution is 14.0. The molecule has 176 valence electrons. The van der Waals surface area contributed by atoms with Crippen molar-refractivity contribution in [2.24, 2.45) is 10.7 Å². The smallest absolute Gasteiger partial charge is 0.416 e. The predicted octanol–water partition coefficient (Wildman–Crippen LogP) is 5.59. The summed E-state index contributed by atoms with van der Waals surface area (Å²) in [6, 6.07) is 12.8. The van der Waals surface area contributed by atoms with Crippen molar-refractivity contribution in [1.29, 1.82) is 0 Å². The molecule has 2 aromatic carbocycles. The Balaban J connectivity index is 0.00000363. The Labute approximate surface area is 203 Å². The van der Waals surface area contributed by atoms with Gasteiger partial charge in [0.2, 0.25) is 0 Å². The Morgan fingerprint density at radius 1 is 1.16 bits per heavy atom. The molecule has 0 amide bonds. The number of aliphatic imine (C=N–C) groups is 1. The maximum absolute atomic E-state index is 13.2. The molecule has 0 spiro atoms. The highest BCUT2D eigenvalue weighted by Gasteiger charge is 2.37. The van der Waals surface area contributed by atoms with E-state index in [1.165, 1.54) is 12.1 Å². The fourth-order valence-corrected chi connectivity index (χ4v) is 3.64. The van der Waals surface area contributed by atoms with Gasteiger partial charge < -0.3 is 20.5 Å². The van der Waals surface area contributed by atoms with E-state index in [0.717, 1.165) is 17.5 Å². The fourth-order valence-electron chi connectivity index (χ4n) is 3.64. The zero-order valence-corrected chi connectivity index (χ0v) is 20.4. The molecule has 2 aromatic rings. The zero-order chi connectivity index (χ0) is 22.5. The van der Waals surface area contributed by atoms with Crippen LogP contribution in [0.3, 0.4) is 0 Å². The summed E-state index contributed by atoms with van der Waals surface area (Å²) in [6.45, 7) is 5.11. The third-order valence-corrected chi connectivity index (χ3v) is 5.30. The topological polar surface area (TPSA) is 68.9 Å². The summed E-state index contributed by atoms with van der Waals surface area (Å²) in [5.74, 6) is 0.956. The van der Waals surface area contributed by atoms with Crippen molar-refractivity contribution in [3.63, 3.8) is 0 Å². The van der Waals surface area contributed by atoms with E-state index < -0.39 is 17.2 Å². The molecular weight excluding hydrogens is 534 g/mol. The normalized spacial score (nSPS) is 16.4. The minimum atomic E-state index is -4.39. The van der Waals surface area contributed by atoms with Crippen LogP contribution in [-0.4, -0.2) is 31.8 Å². The molecule has 3 N–H and O–H groups in total. The molecule has 0 saturated carbocycles. The minimum absolute atomic E-state index is 0. The van der Waals surface area contributed by atoms with Crippen LogP contribution in [0.1, 0.15) is 37.8 Å². The highest BCUT2D eigenvalue weighted by atomic mass is 127. The molecule has 1 saturated heterocycles. The Morgan fingerprint density at radius 3 is 2.41 bits per heavy atom. The number of guanidine groups is 1. The van der Waals surface area contributed by atoms with Crippen LogP contribution in [0.25, 0.3) is 0 Å². The number of benzene rings is 2. The summed E-state index contributed by atoms with van der Waals surface area (Å²) < 4.78 is 50.7. The van der Waals surface area contributed by atoms with Crippen molar-refractivity contribution in [1.82, 2.24) is 0 Å². The summed E-state index contributed by atoms with van der Waals surface area (Å²) in [7, 11) is 0. The number of nitrogens with two attached hydrogens (primary N) is 1. The molecule has 32 heavy (non-hydrogen) atoms. The first-order valence-electron chi connectivity index (χ1n) is 10.3. The van der Waals surface area contributed by atoms with Crippen LogP contribution in [0.15, 0.2) is 53.5 Å². The molecular formula is C23H29F3IN3O2. The number of alkyl halides is 3. The van der Waals surface area contributed by atoms with Crippen LogP contribution in [0.2, 0.25) is 0 Å². The lowest BCUT2D eigenvalue weighted by atomic mass is 9.74.